The summed E-state index contributed by atoms with van der Waals surface area (Å²) in [5, 5.41) is 0. The van der Waals surface area contributed by atoms with Crippen LogP contribution in [0.4, 0.5) is 0 Å². The van der Waals surface area contributed by atoms with Gasteiger partial charge in [0.05, 0.1) is 0 Å². The van der Waals surface area contributed by atoms with Gasteiger partial charge in [0.15, 0.2) is 0 Å². The third-order valence-electron chi connectivity index (χ3n) is 1.44. The molecule has 0 aliphatic rings. The minimum Gasteiger partial charge on any atom is -0.143 e. The average molecular weight is 214 g/mol. The number of thiol groups is 2. The molecule has 0 aliphatic carbocycles. The maximum atomic E-state index is 4.29. The number of hydrogen-bond acceptors (Lipinski definition) is 2. The predicted molar refractivity (Wildman–Crippen MR) is 66.3 cm³/mol. The molecule has 13 heavy (non-hydrogen) atoms. The van der Waals surface area contributed by atoms with Crippen LogP contribution < -0.4 is 0 Å². The lowest BCUT2D eigenvalue weighted by Crippen LogP contribution is -1.81. The molecule has 0 aliphatic heterocycles. The fourth-order valence-corrected chi connectivity index (χ4v) is 1.38. The van der Waals surface area contributed by atoms with Crippen LogP contribution in [0.3, 0.4) is 0 Å². The highest BCUT2D eigenvalue weighted by Gasteiger charge is 1.94. The van der Waals surface area contributed by atoms with Gasteiger partial charge < -0.3 is 0 Å². The molecule has 0 amide bonds. The van der Waals surface area contributed by atoms with Gasteiger partial charge in [0.1, 0.15) is 0 Å². The Labute approximate surface area is 92.6 Å². The van der Waals surface area contributed by atoms with Crippen molar-refractivity contribution in [2.75, 3.05) is 0 Å². The second-order valence-electron chi connectivity index (χ2n) is 2.87. The molecule has 0 spiro atoms. The molecule has 2 heteroatoms. The fourth-order valence-electron chi connectivity index (χ4n) is 0.855. The lowest BCUT2D eigenvalue weighted by Gasteiger charge is -2.00. The van der Waals surface area contributed by atoms with Gasteiger partial charge in [-0.1, -0.05) is 27.2 Å². The smallest absolute Gasteiger partial charge is 0.00727 e. The lowest BCUT2D eigenvalue weighted by molar-refractivity contribution is 1.07. The quantitative estimate of drug-likeness (QED) is 0.642. The summed E-state index contributed by atoms with van der Waals surface area (Å²) >= 11 is 8.51. The van der Waals surface area contributed by atoms with E-state index in [-0.39, 0.29) is 0 Å². The third-order valence-corrected chi connectivity index (χ3v) is 2.16. The van der Waals surface area contributed by atoms with Crippen LogP contribution in [0.15, 0.2) is 28.0 Å². The molecule has 0 unspecified atom stereocenters. The molecule has 0 N–H and O–H groups in total. The van der Waals surface area contributed by atoms with Crippen LogP contribution in [0.2, 0.25) is 0 Å². The van der Waals surface area contributed by atoms with Crippen molar-refractivity contribution in [2.45, 2.75) is 43.4 Å². The molecule has 0 atom stereocenters. The summed E-state index contributed by atoms with van der Waals surface area (Å²) in [6.07, 6.45) is 2.27. The molecule has 0 bridgehead atoms. The summed E-state index contributed by atoms with van der Waals surface area (Å²) in [5.74, 6) is 0. The van der Waals surface area contributed by atoms with Gasteiger partial charge >= 0.3 is 0 Å². The summed E-state index contributed by atoms with van der Waals surface area (Å²) in [7, 11) is 0. The Bertz CT molecular complexity index is 244. The molecule has 1 aromatic rings. The van der Waals surface area contributed by atoms with Crippen LogP contribution in [-0.4, -0.2) is 0 Å². The zero-order valence-corrected chi connectivity index (χ0v) is 10.3. The third kappa shape index (κ3) is 5.27. The van der Waals surface area contributed by atoms with Crippen LogP contribution in [0, 0.1) is 0 Å². The molecule has 0 heterocycles. The first kappa shape index (κ1) is 12.9. The number of aryl methyl sites for hydroxylation is 1. The Morgan fingerprint density at radius 3 is 2.00 bits per heavy atom. The van der Waals surface area contributed by atoms with E-state index in [0.29, 0.717) is 0 Å². The van der Waals surface area contributed by atoms with Gasteiger partial charge in [-0.2, -0.15) is 0 Å². The molecule has 0 nitrogen and oxygen atoms in total. The van der Waals surface area contributed by atoms with Gasteiger partial charge in [0, 0.05) is 9.79 Å². The molecule has 0 radical (unpaired) electrons. The predicted octanol–water partition coefficient (Wildman–Crippen LogP) is 4.24. The van der Waals surface area contributed by atoms with Crippen molar-refractivity contribution in [2.24, 2.45) is 0 Å². The van der Waals surface area contributed by atoms with E-state index in [2.05, 4.69) is 46.0 Å². The Kier molecular flexibility index (Phi) is 7.29. The van der Waals surface area contributed by atoms with Crippen LogP contribution >= 0.6 is 25.3 Å². The van der Waals surface area contributed by atoms with Crippen molar-refractivity contribution in [1.82, 2.24) is 0 Å². The maximum absolute atomic E-state index is 4.29. The van der Waals surface area contributed by atoms with Gasteiger partial charge in [0.25, 0.3) is 0 Å². The van der Waals surface area contributed by atoms with E-state index in [9.17, 15) is 0 Å². The Balaban J connectivity index is 0.000000424. The molecule has 0 saturated carbocycles. The SMILES string of the molecule is CCC.CCc1cc(S)ccc1S. The van der Waals surface area contributed by atoms with Crippen molar-refractivity contribution < 1.29 is 0 Å². The highest BCUT2D eigenvalue weighted by atomic mass is 32.1. The summed E-state index contributed by atoms with van der Waals surface area (Å²) in [6.45, 7) is 6.36. The van der Waals surface area contributed by atoms with Crippen molar-refractivity contribution in [1.29, 1.82) is 0 Å². The minimum atomic E-state index is 1.01. The van der Waals surface area contributed by atoms with Crippen molar-refractivity contribution >= 4 is 25.3 Å². The van der Waals surface area contributed by atoms with Crippen molar-refractivity contribution in [3.05, 3.63) is 23.8 Å². The Morgan fingerprint density at radius 2 is 1.62 bits per heavy atom. The summed E-state index contributed by atoms with van der Waals surface area (Å²) in [4.78, 5) is 2.06. The van der Waals surface area contributed by atoms with Gasteiger partial charge in [-0.3, -0.25) is 0 Å². The summed E-state index contributed by atoms with van der Waals surface area (Å²) in [6, 6.07) is 5.97. The largest absolute Gasteiger partial charge is 0.143 e. The molecular weight excluding hydrogens is 196 g/mol. The molecule has 1 aromatic carbocycles. The van der Waals surface area contributed by atoms with Crippen LogP contribution in [0.5, 0.6) is 0 Å². The van der Waals surface area contributed by atoms with Gasteiger partial charge in [-0.05, 0) is 30.2 Å². The second-order valence-corrected chi connectivity index (χ2v) is 3.87. The average Bonchev–Trinajstić information content (AvgIpc) is 2.10. The Hall–Kier alpha value is -0.0800. The highest BCUT2D eigenvalue weighted by molar-refractivity contribution is 7.80. The van der Waals surface area contributed by atoms with E-state index >= 15 is 0 Å². The standard InChI is InChI=1S/C8H10S2.C3H8/c1-2-6-5-7(9)3-4-8(6)10;1-3-2/h3-5,9-10H,2H2,1H3;3H2,1-2H3. The zero-order chi connectivity index (χ0) is 10.3. The van der Waals surface area contributed by atoms with Gasteiger partial charge in [0.2, 0.25) is 0 Å². The Morgan fingerprint density at radius 1 is 1.08 bits per heavy atom. The molecular formula is C11H18S2. The number of benzene rings is 1. The van der Waals surface area contributed by atoms with E-state index in [1.54, 1.807) is 0 Å². The van der Waals surface area contributed by atoms with Crippen molar-refractivity contribution in [3.8, 4) is 0 Å². The first-order valence-electron chi connectivity index (χ1n) is 4.66. The minimum absolute atomic E-state index is 1.01. The zero-order valence-electron chi connectivity index (χ0n) is 8.54. The normalized spacial score (nSPS) is 9.00. The van der Waals surface area contributed by atoms with Gasteiger partial charge in [-0.25, -0.2) is 0 Å². The molecule has 0 fully saturated rings. The summed E-state index contributed by atoms with van der Waals surface area (Å²) in [5.41, 5.74) is 1.26. The first-order chi connectivity index (χ1) is 6.15. The highest BCUT2D eigenvalue weighted by Crippen LogP contribution is 2.17. The molecule has 0 aromatic heterocycles. The van der Waals surface area contributed by atoms with E-state index in [1.807, 2.05) is 18.2 Å². The van der Waals surface area contributed by atoms with E-state index in [0.717, 1.165) is 16.2 Å². The topological polar surface area (TPSA) is 0 Å². The maximum Gasteiger partial charge on any atom is 0.00727 e. The molecule has 1 rings (SSSR count). The van der Waals surface area contributed by atoms with Crippen LogP contribution in [0.25, 0.3) is 0 Å². The van der Waals surface area contributed by atoms with Crippen LogP contribution in [0.1, 0.15) is 32.8 Å². The first-order valence-corrected chi connectivity index (χ1v) is 5.55. The fraction of sp³-hybridized carbons (Fsp3) is 0.455. The lowest BCUT2D eigenvalue weighted by atomic mass is 10.2. The number of hydrogen-bond donors (Lipinski definition) is 2. The van der Waals surface area contributed by atoms with Crippen LogP contribution in [-0.2, 0) is 6.42 Å². The monoisotopic (exact) mass is 214 g/mol. The molecule has 0 saturated heterocycles. The van der Waals surface area contributed by atoms with E-state index in [1.165, 1.54) is 12.0 Å². The van der Waals surface area contributed by atoms with E-state index in [4.69, 9.17) is 0 Å². The second kappa shape index (κ2) is 7.34. The van der Waals surface area contributed by atoms with Crippen molar-refractivity contribution in [3.63, 3.8) is 0 Å². The summed E-state index contributed by atoms with van der Waals surface area (Å²) < 4.78 is 0. The molecule has 74 valence electrons. The van der Waals surface area contributed by atoms with Gasteiger partial charge in [-0.15, -0.1) is 25.3 Å². The van der Waals surface area contributed by atoms with E-state index < -0.39 is 0 Å². The number of rotatable bonds is 1.